The summed E-state index contributed by atoms with van der Waals surface area (Å²) in [6.45, 7) is 2.01. The van der Waals surface area contributed by atoms with Crippen molar-refractivity contribution in [1.29, 1.82) is 0 Å². The fraction of sp³-hybridized carbons (Fsp3) is 0.0833. The number of H-pyrrole nitrogens is 1. The highest BCUT2D eigenvalue weighted by Crippen LogP contribution is 2.22. The zero-order chi connectivity index (χ0) is 12.7. The lowest BCUT2D eigenvalue weighted by atomic mass is 10.2. The molecular formula is C12H9ClN4S. The van der Waals surface area contributed by atoms with Gasteiger partial charge < -0.3 is 4.98 Å². The predicted octanol–water partition coefficient (Wildman–Crippen LogP) is 3.44. The van der Waals surface area contributed by atoms with Gasteiger partial charge in [-0.1, -0.05) is 29.9 Å². The van der Waals surface area contributed by atoms with Crippen molar-refractivity contribution in [1.82, 2.24) is 19.7 Å². The molecule has 4 nitrogen and oxygen atoms in total. The molecule has 0 aliphatic rings. The number of hydrogen-bond acceptors (Lipinski definition) is 3. The molecule has 0 atom stereocenters. The Labute approximate surface area is 113 Å². The van der Waals surface area contributed by atoms with E-state index >= 15 is 0 Å². The van der Waals surface area contributed by atoms with Crippen LogP contribution < -0.4 is 0 Å². The molecule has 2 heterocycles. The summed E-state index contributed by atoms with van der Waals surface area (Å²) in [6.07, 6.45) is 3.28. The molecule has 0 unspecified atom stereocenters. The smallest absolute Gasteiger partial charge is 0.145 e. The number of hydrogen-bond donors (Lipinski definition) is 1. The highest BCUT2D eigenvalue weighted by Gasteiger charge is 2.09. The second kappa shape index (κ2) is 4.19. The quantitative estimate of drug-likeness (QED) is 0.693. The van der Waals surface area contributed by atoms with Crippen LogP contribution in [0.15, 0.2) is 30.7 Å². The number of aromatic nitrogens is 4. The third-order valence-corrected chi connectivity index (χ3v) is 3.34. The summed E-state index contributed by atoms with van der Waals surface area (Å²) < 4.78 is 2.32. The maximum absolute atomic E-state index is 6.03. The number of rotatable bonds is 1. The molecular weight excluding hydrogens is 268 g/mol. The van der Waals surface area contributed by atoms with Crippen LogP contribution in [0.25, 0.3) is 16.7 Å². The Morgan fingerprint density at radius 1 is 1.39 bits per heavy atom. The Balaban J connectivity index is 2.36. The van der Waals surface area contributed by atoms with Crippen LogP contribution in [0.4, 0.5) is 0 Å². The van der Waals surface area contributed by atoms with Crippen molar-refractivity contribution in [3.8, 4) is 5.69 Å². The monoisotopic (exact) mass is 276 g/mol. The highest BCUT2D eigenvalue weighted by molar-refractivity contribution is 7.71. The van der Waals surface area contributed by atoms with Gasteiger partial charge in [-0.2, -0.15) is 5.10 Å². The zero-order valence-corrected chi connectivity index (χ0v) is 11.1. The van der Waals surface area contributed by atoms with Gasteiger partial charge in [-0.3, -0.25) is 0 Å². The normalized spacial score (nSPS) is 11.0. The molecule has 1 aromatic carbocycles. The fourth-order valence-corrected chi connectivity index (χ4v) is 2.23. The number of fused-ring (bicyclic) bond motifs is 1. The maximum atomic E-state index is 6.03. The Morgan fingerprint density at radius 2 is 2.22 bits per heavy atom. The van der Waals surface area contributed by atoms with Crippen molar-refractivity contribution in [3.63, 3.8) is 0 Å². The van der Waals surface area contributed by atoms with Crippen molar-refractivity contribution >= 4 is 34.9 Å². The van der Waals surface area contributed by atoms with Crippen LogP contribution in [-0.2, 0) is 0 Å². The van der Waals surface area contributed by atoms with E-state index in [0.29, 0.717) is 9.66 Å². The highest BCUT2D eigenvalue weighted by atomic mass is 35.5. The Morgan fingerprint density at radius 3 is 3.06 bits per heavy atom. The van der Waals surface area contributed by atoms with E-state index in [1.807, 2.05) is 25.1 Å². The largest absolute Gasteiger partial charge is 0.330 e. The summed E-state index contributed by atoms with van der Waals surface area (Å²) >= 11 is 11.2. The summed E-state index contributed by atoms with van der Waals surface area (Å²) in [7, 11) is 0. The van der Waals surface area contributed by atoms with E-state index in [1.165, 1.54) is 0 Å². The molecule has 0 saturated carbocycles. The Bertz CT molecular complexity index is 790. The van der Waals surface area contributed by atoms with Crippen LogP contribution >= 0.6 is 23.8 Å². The molecule has 3 rings (SSSR count). The predicted molar refractivity (Wildman–Crippen MR) is 73.8 cm³/mol. The molecule has 0 fully saturated rings. The van der Waals surface area contributed by atoms with Crippen LogP contribution in [0.3, 0.4) is 0 Å². The molecule has 0 spiro atoms. The fourth-order valence-electron chi connectivity index (χ4n) is 1.86. The second-order valence-corrected chi connectivity index (χ2v) is 4.78. The van der Waals surface area contributed by atoms with Crippen LogP contribution in [0, 0.1) is 11.6 Å². The average Bonchev–Trinajstić information content (AvgIpc) is 2.77. The first-order chi connectivity index (χ1) is 8.66. The topological polar surface area (TPSA) is 46.5 Å². The van der Waals surface area contributed by atoms with Crippen LogP contribution in [0.2, 0.25) is 5.02 Å². The Kier molecular flexibility index (Phi) is 2.65. The molecule has 2 aromatic heterocycles. The van der Waals surface area contributed by atoms with Crippen LogP contribution in [0.1, 0.15) is 5.56 Å². The van der Waals surface area contributed by atoms with Gasteiger partial charge in [-0.25, -0.2) is 9.67 Å². The van der Waals surface area contributed by atoms with Crippen LogP contribution in [-0.4, -0.2) is 19.7 Å². The third-order valence-electron chi connectivity index (χ3n) is 2.78. The van der Waals surface area contributed by atoms with Gasteiger partial charge in [0.25, 0.3) is 0 Å². The van der Waals surface area contributed by atoms with Gasteiger partial charge in [0.1, 0.15) is 10.3 Å². The summed E-state index contributed by atoms with van der Waals surface area (Å²) in [6, 6.07) is 5.69. The van der Waals surface area contributed by atoms with Gasteiger partial charge in [0, 0.05) is 5.02 Å². The zero-order valence-electron chi connectivity index (χ0n) is 9.51. The van der Waals surface area contributed by atoms with E-state index in [-0.39, 0.29) is 0 Å². The molecule has 1 N–H and O–H groups in total. The van der Waals surface area contributed by atoms with Crippen molar-refractivity contribution in [2.75, 3.05) is 0 Å². The number of aromatic amines is 1. The van der Waals surface area contributed by atoms with Crippen molar-refractivity contribution < 1.29 is 0 Å². The molecule has 6 heteroatoms. The summed E-state index contributed by atoms with van der Waals surface area (Å²) in [5.74, 6) is 0. The molecule has 18 heavy (non-hydrogen) atoms. The lowest BCUT2D eigenvalue weighted by Gasteiger charge is -2.07. The first kappa shape index (κ1) is 11.4. The minimum atomic E-state index is 0.537. The average molecular weight is 277 g/mol. The summed E-state index contributed by atoms with van der Waals surface area (Å²) in [5.41, 5.74) is 2.83. The second-order valence-electron chi connectivity index (χ2n) is 3.96. The van der Waals surface area contributed by atoms with Gasteiger partial charge in [0.05, 0.1) is 23.6 Å². The molecule has 0 radical (unpaired) electrons. The van der Waals surface area contributed by atoms with E-state index in [1.54, 1.807) is 17.2 Å². The van der Waals surface area contributed by atoms with Gasteiger partial charge in [-0.05, 0) is 24.6 Å². The standard InChI is InChI=1S/C12H9ClN4S/c1-7-2-3-8(13)4-10(7)17-11-9(5-16-17)12(18)15-6-14-11/h2-6H,1H3,(H,14,15,18). The molecule has 90 valence electrons. The number of halogens is 1. The minimum Gasteiger partial charge on any atom is -0.330 e. The lowest BCUT2D eigenvalue weighted by Crippen LogP contribution is -2.00. The summed E-state index contributed by atoms with van der Waals surface area (Å²) in [4.78, 5) is 7.10. The van der Waals surface area contributed by atoms with E-state index in [9.17, 15) is 0 Å². The third kappa shape index (κ3) is 1.72. The van der Waals surface area contributed by atoms with Crippen molar-refractivity contribution in [2.45, 2.75) is 6.92 Å². The number of benzene rings is 1. The van der Waals surface area contributed by atoms with Crippen molar-refractivity contribution in [2.24, 2.45) is 0 Å². The van der Waals surface area contributed by atoms with Crippen molar-refractivity contribution in [3.05, 3.63) is 45.9 Å². The van der Waals surface area contributed by atoms with E-state index < -0.39 is 0 Å². The summed E-state index contributed by atoms with van der Waals surface area (Å²) in [5, 5.41) is 5.85. The van der Waals surface area contributed by atoms with E-state index in [4.69, 9.17) is 23.8 Å². The molecule has 0 amide bonds. The van der Waals surface area contributed by atoms with Gasteiger partial charge in [-0.15, -0.1) is 0 Å². The van der Waals surface area contributed by atoms with Gasteiger partial charge in [0.2, 0.25) is 0 Å². The number of aryl methyl sites for hydroxylation is 1. The molecule has 0 aliphatic carbocycles. The minimum absolute atomic E-state index is 0.537. The number of nitrogens with zero attached hydrogens (tertiary/aromatic N) is 3. The molecule has 0 bridgehead atoms. The molecule has 0 saturated heterocycles. The number of nitrogens with one attached hydrogen (secondary N) is 1. The maximum Gasteiger partial charge on any atom is 0.145 e. The molecule has 3 aromatic rings. The van der Waals surface area contributed by atoms with Gasteiger partial charge in [0.15, 0.2) is 0 Å². The Hall–Kier alpha value is -1.72. The first-order valence-corrected chi connectivity index (χ1v) is 6.13. The van der Waals surface area contributed by atoms with E-state index in [2.05, 4.69) is 15.1 Å². The SMILES string of the molecule is Cc1ccc(Cl)cc1-n1ncc2c(=S)nc[nH]c21. The first-order valence-electron chi connectivity index (χ1n) is 5.35. The van der Waals surface area contributed by atoms with Gasteiger partial charge >= 0.3 is 0 Å². The lowest BCUT2D eigenvalue weighted by molar-refractivity contribution is 0.887. The van der Waals surface area contributed by atoms with Crippen LogP contribution in [0.5, 0.6) is 0 Å². The van der Waals surface area contributed by atoms with E-state index in [0.717, 1.165) is 22.3 Å². The molecule has 0 aliphatic heterocycles.